The summed E-state index contributed by atoms with van der Waals surface area (Å²) < 4.78 is 17.0. The maximum Gasteiger partial charge on any atom is 0.306 e. The van der Waals surface area contributed by atoms with Crippen LogP contribution < -0.4 is 0 Å². The van der Waals surface area contributed by atoms with Crippen molar-refractivity contribution in [2.75, 3.05) is 13.2 Å². The van der Waals surface area contributed by atoms with Crippen molar-refractivity contribution in [3.8, 4) is 0 Å². The van der Waals surface area contributed by atoms with Gasteiger partial charge in [0.15, 0.2) is 6.10 Å². The number of esters is 3. The number of carbonyl (C=O) groups excluding carboxylic acids is 3. The molecule has 0 radical (unpaired) electrons. The third kappa shape index (κ3) is 67.4. The molecule has 0 saturated heterocycles. The number of allylic oxidation sites excluding steroid dienone is 14. The zero-order chi connectivity index (χ0) is 59.2. The van der Waals surface area contributed by atoms with Gasteiger partial charge in [-0.2, -0.15) is 0 Å². The molecular weight excluding hydrogens is 1010 g/mol. The highest BCUT2D eigenvalue weighted by Gasteiger charge is 2.19. The Labute approximate surface area is 509 Å². The van der Waals surface area contributed by atoms with E-state index in [-0.39, 0.29) is 31.1 Å². The van der Waals surface area contributed by atoms with E-state index < -0.39 is 6.10 Å². The molecule has 82 heavy (non-hydrogen) atoms. The standard InChI is InChI=1S/C76H134O6/c1-4-7-10-13-16-19-22-25-28-31-34-36-37-38-39-40-43-45-48-51-54-57-60-63-66-69-75(78)81-72-73(71-80-74(77)68-65-62-59-56-53-50-47-44-41-33-30-27-24-21-18-15-12-9-6-3)82-76(79)70-67-64-61-58-55-52-49-46-42-35-32-29-26-23-20-17-14-11-8-5-2/h7,10,16,19,25,28,34,36,38-39,43,45,51,54,73H,4-6,8-9,11-15,17-18,20-24,26-27,29-33,35,37,40-42,44,46-50,52-53,55-72H2,1-3H3/b10-7-,19-16-,28-25-,36-34-,39-38-,45-43-,54-51-. The quantitative estimate of drug-likeness (QED) is 0.0261. The Hall–Kier alpha value is -3.41. The first-order valence-corrected chi connectivity index (χ1v) is 35.6. The molecule has 474 valence electrons. The molecule has 0 N–H and O–H groups in total. The van der Waals surface area contributed by atoms with Gasteiger partial charge in [-0.25, -0.2) is 0 Å². The van der Waals surface area contributed by atoms with Crippen LogP contribution in [0.4, 0.5) is 0 Å². The maximum atomic E-state index is 13.0. The van der Waals surface area contributed by atoms with Gasteiger partial charge in [0.2, 0.25) is 0 Å². The Kier molecular flexibility index (Phi) is 67.2. The number of ether oxygens (including phenoxy) is 3. The second-order valence-corrected chi connectivity index (χ2v) is 23.8. The van der Waals surface area contributed by atoms with E-state index in [1.807, 2.05) is 0 Å². The number of unbranched alkanes of at least 4 members (excludes halogenated alkanes) is 40. The number of hydrogen-bond acceptors (Lipinski definition) is 6. The number of rotatable bonds is 65. The van der Waals surface area contributed by atoms with Crippen LogP contribution in [-0.2, 0) is 28.6 Å². The summed E-state index contributed by atoms with van der Waals surface area (Å²) in [5.74, 6) is -0.893. The second kappa shape index (κ2) is 70.1. The van der Waals surface area contributed by atoms with Crippen molar-refractivity contribution in [3.63, 3.8) is 0 Å². The topological polar surface area (TPSA) is 78.9 Å². The van der Waals surface area contributed by atoms with Crippen LogP contribution in [0.5, 0.6) is 0 Å². The predicted molar refractivity (Wildman–Crippen MR) is 358 cm³/mol. The van der Waals surface area contributed by atoms with Crippen molar-refractivity contribution in [3.05, 3.63) is 85.1 Å². The van der Waals surface area contributed by atoms with Crippen LogP contribution in [0.1, 0.15) is 361 Å². The van der Waals surface area contributed by atoms with Crippen LogP contribution in [0.15, 0.2) is 85.1 Å². The Morgan fingerprint density at radius 1 is 0.256 bits per heavy atom. The van der Waals surface area contributed by atoms with Gasteiger partial charge in [-0.1, -0.05) is 350 Å². The SMILES string of the molecule is CC/C=C\C/C=C\C/C=C\C/C=C\C/C=C\C/C=C\C/C=C\CCCCCC(=O)OCC(COC(=O)CCCCCCCCCCCCCCCCCCCCC)OC(=O)CCCCCCCCCCCCCCCCCCCCCC. The molecule has 0 aromatic heterocycles. The minimum atomic E-state index is -0.790. The highest BCUT2D eigenvalue weighted by molar-refractivity contribution is 5.71. The highest BCUT2D eigenvalue weighted by atomic mass is 16.6. The monoisotopic (exact) mass is 1140 g/mol. The van der Waals surface area contributed by atoms with Crippen molar-refractivity contribution in [1.82, 2.24) is 0 Å². The summed E-state index contributed by atoms with van der Waals surface area (Å²) >= 11 is 0. The van der Waals surface area contributed by atoms with E-state index in [1.54, 1.807) is 0 Å². The summed E-state index contributed by atoms with van der Waals surface area (Å²) in [5, 5.41) is 0. The van der Waals surface area contributed by atoms with Crippen molar-refractivity contribution in [2.24, 2.45) is 0 Å². The van der Waals surface area contributed by atoms with Crippen molar-refractivity contribution in [1.29, 1.82) is 0 Å². The van der Waals surface area contributed by atoms with Gasteiger partial charge in [0.25, 0.3) is 0 Å². The van der Waals surface area contributed by atoms with Crippen molar-refractivity contribution in [2.45, 2.75) is 367 Å². The van der Waals surface area contributed by atoms with Gasteiger partial charge in [-0.3, -0.25) is 14.4 Å². The first-order valence-electron chi connectivity index (χ1n) is 35.6. The molecule has 1 unspecified atom stereocenters. The van der Waals surface area contributed by atoms with Crippen LogP contribution in [0.3, 0.4) is 0 Å². The van der Waals surface area contributed by atoms with E-state index in [9.17, 15) is 14.4 Å². The lowest BCUT2D eigenvalue weighted by molar-refractivity contribution is -0.167. The van der Waals surface area contributed by atoms with E-state index in [0.717, 1.165) is 109 Å². The van der Waals surface area contributed by atoms with Gasteiger partial charge in [0, 0.05) is 19.3 Å². The van der Waals surface area contributed by atoms with E-state index in [2.05, 4.69) is 106 Å². The van der Waals surface area contributed by atoms with Gasteiger partial charge in [0.05, 0.1) is 0 Å². The number of hydrogen-bond donors (Lipinski definition) is 0. The first-order chi connectivity index (χ1) is 40.5. The molecule has 6 heteroatoms. The van der Waals surface area contributed by atoms with Gasteiger partial charge in [-0.15, -0.1) is 0 Å². The molecule has 0 aliphatic carbocycles. The van der Waals surface area contributed by atoms with Crippen molar-refractivity contribution >= 4 is 17.9 Å². The van der Waals surface area contributed by atoms with Gasteiger partial charge in [0.1, 0.15) is 13.2 Å². The molecule has 0 saturated carbocycles. The lowest BCUT2D eigenvalue weighted by atomic mass is 10.0. The fraction of sp³-hybridized carbons (Fsp3) is 0.776. The molecule has 0 aromatic carbocycles. The zero-order valence-electron chi connectivity index (χ0n) is 54.5. The lowest BCUT2D eigenvalue weighted by Crippen LogP contribution is -2.30. The molecule has 1 atom stereocenters. The molecule has 0 rings (SSSR count). The minimum absolute atomic E-state index is 0.0822. The van der Waals surface area contributed by atoms with Crippen LogP contribution in [0.25, 0.3) is 0 Å². The average molecular weight is 1140 g/mol. The van der Waals surface area contributed by atoms with Crippen LogP contribution in [0.2, 0.25) is 0 Å². The van der Waals surface area contributed by atoms with E-state index in [0.29, 0.717) is 19.3 Å². The summed E-state index contributed by atoms with van der Waals surface area (Å²) in [6.07, 6.45) is 93.2. The van der Waals surface area contributed by atoms with Crippen LogP contribution in [0, 0.1) is 0 Å². The predicted octanol–water partition coefficient (Wildman–Crippen LogP) is 24.6. The van der Waals surface area contributed by atoms with E-state index in [4.69, 9.17) is 14.2 Å². The fourth-order valence-electron chi connectivity index (χ4n) is 10.4. The largest absolute Gasteiger partial charge is 0.462 e. The lowest BCUT2D eigenvalue weighted by Gasteiger charge is -2.18. The van der Waals surface area contributed by atoms with Crippen LogP contribution >= 0.6 is 0 Å². The Morgan fingerprint density at radius 2 is 0.476 bits per heavy atom. The molecule has 0 fully saturated rings. The number of carbonyl (C=O) groups is 3. The third-order valence-electron chi connectivity index (χ3n) is 15.7. The summed E-state index contributed by atoms with van der Waals surface area (Å²) in [6, 6.07) is 0. The van der Waals surface area contributed by atoms with E-state index >= 15 is 0 Å². The normalized spacial score (nSPS) is 12.6. The summed E-state index contributed by atoms with van der Waals surface area (Å²) in [7, 11) is 0. The smallest absolute Gasteiger partial charge is 0.306 e. The summed E-state index contributed by atoms with van der Waals surface area (Å²) in [4.78, 5) is 38.5. The van der Waals surface area contributed by atoms with Gasteiger partial charge in [-0.05, 0) is 77.0 Å². The van der Waals surface area contributed by atoms with Gasteiger partial charge < -0.3 is 14.2 Å². The summed E-state index contributed by atoms with van der Waals surface area (Å²) in [6.45, 7) is 6.57. The highest BCUT2D eigenvalue weighted by Crippen LogP contribution is 2.18. The molecule has 0 aliphatic heterocycles. The Bertz CT molecular complexity index is 1550. The third-order valence-corrected chi connectivity index (χ3v) is 15.7. The maximum absolute atomic E-state index is 13.0. The molecule has 6 nitrogen and oxygen atoms in total. The van der Waals surface area contributed by atoms with Crippen LogP contribution in [-0.4, -0.2) is 37.2 Å². The second-order valence-electron chi connectivity index (χ2n) is 23.8. The molecule has 0 amide bonds. The first kappa shape index (κ1) is 78.6. The fourth-order valence-corrected chi connectivity index (χ4v) is 10.4. The van der Waals surface area contributed by atoms with E-state index in [1.165, 1.54) is 212 Å². The summed E-state index contributed by atoms with van der Waals surface area (Å²) in [5.41, 5.74) is 0. The molecular formula is C76H134O6. The Morgan fingerprint density at radius 3 is 0.744 bits per heavy atom. The molecule has 0 aromatic rings. The van der Waals surface area contributed by atoms with Crippen molar-refractivity contribution < 1.29 is 28.6 Å². The zero-order valence-corrected chi connectivity index (χ0v) is 54.5. The molecule has 0 aliphatic rings. The Balaban J connectivity index is 4.41. The molecule has 0 bridgehead atoms. The average Bonchev–Trinajstić information content (AvgIpc) is 3.47. The minimum Gasteiger partial charge on any atom is -0.462 e. The molecule has 0 heterocycles. The molecule has 0 spiro atoms. The van der Waals surface area contributed by atoms with Gasteiger partial charge >= 0.3 is 17.9 Å².